The number of allylic oxidation sites excluding steroid dienone is 2. The van der Waals surface area contributed by atoms with Crippen LogP contribution in [0, 0.1) is 18.3 Å². The minimum Gasteiger partial charge on any atom is -0.507 e. The molecule has 4 aromatic carbocycles. The van der Waals surface area contributed by atoms with Crippen LogP contribution < -0.4 is 16.3 Å². The Morgan fingerprint density at radius 2 is 1.64 bits per heavy atom. The quantitative estimate of drug-likeness (QED) is 0.151. The number of aryl methyl sites for hydroxylation is 2. The molecule has 5 heterocycles. The lowest BCUT2D eigenvalue weighted by molar-refractivity contribution is -0.129. The third kappa shape index (κ3) is 4.52. The lowest BCUT2D eigenvalue weighted by Gasteiger charge is -2.47. The van der Waals surface area contributed by atoms with Crippen LogP contribution in [0.15, 0.2) is 112 Å². The summed E-state index contributed by atoms with van der Waals surface area (Å²) in [7, 11) is 1.72. The van der Waals surface area contributed by atoms with Gasteiger partial charge in [-0.2, -0.15) is 5.10 Å². The number of amides is 2. The number of halogens is 1. The third-order valence-corrected chi connectivity index (χ3v) is 13.5. The lowest BCUT2D eigenvalue weighted by atomic mass is 9.56. The van der Waals surface area contributed by atoms with Crippen molar-refractivity contribution in [2.24, 2.45) is 18.4 Å². The van der Waals surface area contributed by atoms with E-state index < -0.39 is 40.6 Å². The second-order valence-corrected chi connectivity index (χ2v) is 16.3. The third-order valence-electron chi connectivity index (χ3n) is 12.0. The van der Waals surface area contributed by atoms with Crippen LogP contribution in [0.3, 0.4) is 0 Å². The van der Waals surface area contributed by atoms with Crippen LogP contribution in [0.2, 0.25) is 5.02 Å². The summed E-state index contributed by atoms with van der Waals surface area (Å²) in [4.78, 5) is 60.7. The van der Waals surface area contributed by atoms with Crippen molar-refractivity contribution in [2.75, 3.05) is 4.90 Å². The number of thiophene rings is 1. The summed E-state index contributed by atoms with van der Waals surface area (Å²) < 4.78 is 6.67. The molecule has 3 aromatic heterocycles. The normalized spacial score (nSPS) is 21.9. The van der Waals surface area contributed by atoms with Gasteiger partial charge in [0.1, 0.15) is 17.3 Å². The minimum absolute atomic E-state index is 0.0905. The first-order chi connectivity index (χ1) is 26.5. The van der Waals surface area contributed by atoms with E-state index in [4.69, 9.17) is 16.7 Å². The molecule has 0 bridgehead atoms. The minimum atomic E-state index is -1.30. The predicted molar refractivity (Wildman–Crippen MR) is 212 cm³/mol. The highest BCUT2D eigenvalue weighted by Crippen LogP contribution is 2.62. The van der Waals surface area contributed by atoms with E-state index in [0.29, 0.717) is 27.6 Å². The number of phenolic OH excluding ortho intramolecular Hbond substituents is 1. The van der Waals surface area contributed by atoms with Crippen LogP contribution in [-0.4, -0.2) is 40.6 Å². The van der Waals surface area contributed by atoms with Crippen LogP contribution in [0.25, 0.3) is 37.1 Å². The molecule has 11 nitrogen and oxygen atoms in total. The number of benzene rings is 4. The number of rotatable bonds is 4. The zero-order valence-corrected chi connectivity index (χ0v) is 31.5. The molecule has 10 rings (SSSR count). The Morgan fingerprint density at radius 3 is 2.42 bits per heavy atom. The molecule has 7 aromatic rings. The Labute approximate surface area is 322 Å². The maximum atomic E-state index is 15.3. The summed E-state index contributed by atoms with van der Waals surface area (Å²) in [6, 6.07) is 26.5. The van der Waals surface area contributed by atoms with E-state index in [2.05, 4.69) is 0 Å². The second kappa shape index (κ2) is 11.8. The van der Waals surface area contributed by atoms with Gasteiger partial charge < -0.3 is 5.11 Å². The Kier molecular flexibility index (Phi) is 7.18. The van der Waals surface area contributed by atoms with Crippen molar-refractivity contribution in [3.8, 4) is 22.0 Å². The molecule has 1 N–H and O–H groups in total. The maximum Gasteiger partial charge on any atom is 0.352 e. The smallest absolute Gasteiger partial charge is 0.352 e. The number of hydrogen-bond acceptors (Lipinski definition) is 7. The Hall–Kier alpha value is -5.98. The monoisotopic (exact) mass is 768 g/mol. The Bertz CT molecular complexity index is 2970. The van der Waals surface area contributed by atoms with Gasteiger partial charge in [-0.3, -0.25) is 14.3 Å². The van der Waals surface area contributed by atoms with Crippen molar-refractivity contribution in [3.63, 3.8) is 0 Å². The first kappa shape index (κ1) is 33.6. The van der Waals surface area contributed by atoms with Crippen LogP contribution >= 0.6 is 22.9 Å². The second-order valence-electron chi connectivity index (χ2n) is 14.8. The molecule has 1 saturated heterocycles. The van der Waals surface area contributed by atoms with Crippen molar-refractivity contribution in [1.82, 2.24) is 23.7 Å². The largest absolute Gasteiger partial charge is 0.507 e. The number of imide groups is 1. The van der Waals surface area contributed by atoms with Crippen LogP contribution in [0.5, 0.6) is 5.75 Å². The van der Waals surface area contributed by atoms with Gasteiger partial charge in [0.05, 0.1) is 34.5 Å². The van der Waals surface area contributed by atoms with Gasteiger partial charge >= 0.3 is 11.4 Å². The van der Waals surface area contributed by atoms with Gasteiger partial charge in [0.25, 0.3) is 0 Å². The Morgan fingerprint density at radius 1 is 0.891 bits per heavy atom. The van der Waals surface area contributed by atoms with E-state index in [1.165, 1.54) is 14.3 Å². The van der Waals surface area contributed by atoms with E-state index in [1.54, 1.807) is 59.5 Å². The molecule has 2 aliphatic heterocycles. The fraction of sp³-hybridized carbons (Fsp3) is 0.214. The molecule has 4 atom stereocenters. The average molecular weight is 769 g/mol. The molecule has 0 radical (unpaired) electrons. The predicted octanol–water partition coefficient (Wildman–Crippen LogP) is 7.10. The van der Waals surface area contributed by atoms with Gasteiger partial charge in [-0.1, -0.05) is 66.2 Å². The molecule has 2 amide bonds. The van der Waals surface area contributed by atoms with Crippen LogP contribution in [0.1, 0.15) is 36.4 Å². The lowest BCUT2D eigenvalue weighted by Crippen LogP contribution is -2.49. The molecule has 1 aliphatic carbocycles. The number of carbonyl (C=O) groups is 2. The number of aromatic hydroxyl groups is 1. The Balaban J connectivity index is 1.16. The molecule has 55 heavy (non-hydrogen) atoms. The molecule has 3 aliphatic rings. The van der Waals surface area contributed by atoms with Gasteiger partial charge in [-0.05, 0) is 84.1 Å². The number of hydrogen-bond donors (Lipinski definition) is 1. The number of para-hydroxylation sites is 1. The topological polar surface area (TPSA) is 124 Å². The highest BCUT2D eigenvalue weighted by Gasteiger charge is 2.66. The number of aromatic nitrogens is 5. The van der Waals surface area contributed by atoms with E-state index in [-0.39, 0.29) is 24.6 Å². The maximum absolute atomic E-state index is 15.3. The van der Waals surface area contributed by atoms with Crippen molar-refractivity contribution >= 4 is 61.4 Å². The van der Waals surface area contributed by atoms with Crippen molar-refractivity contribution in [1.29, 1.82) is 0 Å². The molecule has 1 saturated carbocycles. The summed E-state index contributed by atoms with van der Waals surface area (Å²) in [5, 5.41) is 18.7. The summed E-state index contributed by atoms with van der Waals surface area (Å²) in [5.74, 6) is -1.92. The van der Waals surface area contributed by atoms with E-state index in [9.17, 15) is 19.5 Å². The average Bonchev–Trinajstić information content (AvgIpc) is 3.86. The fourth-order valence-corrected chi connectivity index (χ4v) is 10.7. The van der Waals surface area contributed by atoms with Crippen LogP contribution in [0.4, 0.5) is 5.82 Å². The van der Waals surface area contributed by atoms with Gasteiger partial charge in [-0.15, -0.1) is 11.3 Å². The standard InChI is InChI=1S/C42H33ClN6O5S/c1-22-29-19-23(43)13-16-34(29)55-37(22)31-21-35(45(3)44-31)48-38(51)30-20-32-28(17-18-46-40(53)47(41(54)49(32)46)24-9-5-4-6-10-24)36(42(30,2)39(48)52)27-14-15-33(50)26-12-8-7-11-25(26)27/h4-17,19,21,30,32,36,50H,18,20H2,1-3H3/t30-,32+,36-,42+/m0/s1. The first-order valence-electron chi connectivity index (χ1n) is 18.0. The van der Waals surface area contributed by atoms with E-state index in [1.807, 2.05) is 74.5 Å². The molecule has 0 spiro atoms. The number of phenols is 1. The molecular weight excluding hydrogens is 736 g/mol. The summed E-state index contributed by atoms with van der Waals surface area (Å²) in [6.45, 7) is 3.96. The summed E-state index contributed by atoms with van der Waals surface area (Å²) in [6.07, 6.45) is 2.06. The summed E-state index contributed by atoms with van der Waals surface area (Å²) >= 11 is 7.90. The van der Waals surface area contributed by atoms with Gasteiger partial charge in [-0.25, -0.2) is 28.4 Å². The fourth-order valence-electron chi connectivity index (χ4n) is 9.41. The SMILES string of the molecule is Cc1c(-c2cc(N3C(=O)[C@@H]4C[C@@H]5C(=CCn6c(=O)n(-c7ccccc7)c(=O)n65)[C@H](c5ccc(O)c6ccccc56)[C@]4(C)C3=O)n(C)n2)sc2ccc(Cl)cc12. The zero-order chi connectivity index (χ0) is 38.1. The van der Waals surface area contributed by atoms with Gasteiger partial charge in [0.15, 0.2) is 0 Å². The highest BCUT2D eigenvalue weighted by molar-refractivity contribution is 7.22. The van der Waals surface area contributed by atoms with E-state index in [0.717, 1.165) is 41.6 Å². The molecule has 13 heteroatoms. The molecular formula is C42H33ClN6O5S. The van der Waals surface area contributed by atoms with Gasteiger partial charge in [0, 0.05) is 34.1 Å². The number of carbonyl (C=O) groups excluding carboxylic acids is 2. The number of fused-ring (bicyclic) bond motifs is 6. The van der Waals surface area contributed by atoms with Crippen molar-refractivity contribution in [2.45, 2.75) is 38.8 Å². The zero-order valence-electron chi connectivity index (χ0n) is 29.9. The highest BCUT2D eigenvalue weighted by atomic mass is 35.5. The number of nitrogens with zero attached hydrogens (tertiary/aromatic N) is 6. The van der Waals surface area contributed by atoms with Gasteiger partial charge in [0.2, 0.25) is 11.8 Å². The number of anilines is 1. The summed E-state index contributed by atoms with van der Waals surface area (Å²) in [5.41, 5.74) is 1.29. The first-order valence-corrected chi connectivity index (χ1v) is 19.2. The van der Waals surface area contributed by atoms with E-state index >= 15 is 4.79 Å². The van der Waals surface area contributed by atoms with Crippen molar-refractivity contribution in [3.05, 3.63) is 140 Å². The molecule has 2 fully saturated rings. The van der Waals surface area contributed by atoms with Crippen molar-refractivity contribution < 1.29 is 14.7 Å². The molecule has 0 unspecified atom stereocenters. The van der Waals surface area contributed by atoms with Crippen LogP contribution in [-0.2, 0) is 23.2 Å². The molecule has 274 valence electrons.